The highest BCUT2D eigenvalue weighted by molar-refractivity contribution is 7.98. The Kier molecular flexibility index (Phi) is 5.76. The molecule has 0 saturated heterocycles. The van der Waals surface area contributed by atoms with Gasteiger partial charge in [-0.2, -0.15) is 0 Å². The van der Waals surface area contributed by atoms with Crippen molar-refractivity contribution in [1.29, 1.82) is 0 Å². The van der Waals surface area contributed by atoms with Crippen LogP contribution in [0.5, 0.6) is 5.75 Å². The number of rotatable bonds is 7. The van der Waals surface area contributed by atoms with Gasteiger partial charge in [0.2, 0.25) is 0 Å². The molecule has 0 fully saturated rings. The van der Waals surface area contributed by atoms with Crippen LogP contribution in [-0.4, -0.2) is 18.9 Å². The van der Waals surface area contributed by atoms with Gasteiger partial charge in [-0.05, 0) is 48.9 Å². The molecule has 0 amide bonds. The number of hydrogen-bond acceptors (Lipinski definition) is 4. The molecule has 1 heterocycles. The Morgan fingerprint density at radius 3 is 2.68 bits per heavy atom. The smallest absolute Gasteiger partial charge is 0.119 e. The summed E-state index contributed by atoms with van der Waals surface area (Å²) in [7, 11) is 0. The summed E-state index contributed by atoms with van der Waals surface area (Å²) in [6, 6.07) is 12.5. The van der Waals surface area contributed by atoms with Crippen LogP contribution in [0.1, 0.15) is 11.8 Å². The molecule has 0 aliphatic carbocycles. The van der Waals surface area contributed by atoms with Gasteiger partial charge < -0.3 is 10.1 Å². The molecule has 0 bridgehead atoms. The predicted octanol–water partition coefficient (Wildman–Crippen LogP) is 4.03. The first-order chi connectivity index (χ1) is 9.28. The highest BCUT2D eigenvalue weighted by Gasteiger charge is 2.04. The van der Waals surface area contributed by atoms with Crippen molar-refractivity contribution in [2.75, 3.05) is 12.8 Å². The molecular weight excluding hydrogens is 274 g/mol. The van der Waals surface area contributed by atoms with Crippen LogP contribution in [0.25, 0.3) is 0 Å². The van der Waals surface area contributed by atoms with Crippen LogP contribution in [0.4, 0.5) is 0 Å². The Balaban J connectivity index is 1.72. The molecule has 1 N–H and O–H groups in total. The van der Waals surface area contributed by atoms with Crippen molar-refractivity contribution in [3.05, 3.63) is 46.7 Å². The predicted molar refractivity (Wildman–Crippen MR) is 84.3 cm³/mol. The molecule has 1 unspecified atom stereocenters. The zero-order valence-electron chi connectivity index (χ0n) is 11.3. The molecule has 2 rings (SSSR count). The van der Waals surface area contributed by atoms with Crippen molar-refractivity contribution < 1.29 is 4.74 Å². The third kappa shape index (κ3) is 4.90. The van der Waals surface area contributed by atoms with Crippen LogP contribution in [0, 0.1) is 0 Å². The third-order valence-corrected chi connectivity index (χ3v) is 4.33. The van der Waals surface area contributed by atoms with Crippen molar-refractivity contribution in [2.45, 2.75) is 24.5 Å². The Bertz CT molecular complexity index is 467. The van der Waals surface area contributed by atoms with E-state index in [1.165, 1.54) is 9.77 Å². The minimum atomic E-state index is 0.167. The molecule has 1 aromatic heterocycles. The minimum absolute atomic E-state index is 0.167. The van der Waals surface area contributed by atoms with Gasteiger partial charge in [0.1, 0.15) is 11.9 Å². The Morgan fingerprint density at radius 1 is 1.26 bits per heavy atom. The highest BCUT2D eigenvalue weighted by atomic mass is 32.2. The van der Waals surface area contributed by atoms with Crippen LogP contribution >= 0.6 is 23.1 Å². The fourth-order valence-electron chi connectivity index (χ4n) is 1.74. The zero-order valence-corrected chi connectivity index (χ0v) is 12.9. The second-order valence-corrected chi connectivity index (χ2v) is 6.23. The lowest BCUT2D eigenvalue weighted by Crippen LogP contribution is -2.28. The van der Waals surface area contributed by atoms with Crippen molar-refractivity contribution in [3.8, 4) is 5.75 Å². The Labute approximate surface area is 123 Å². The molecule has 0 spiro atoms. The van der Waals surface area contributed by atoms with E-state index in [2.05, 4.69) is 48.1 Å². The van der Waals surface area contributed by atoms with E-state index in [4.69, 9.17) is 4.74 Å². The monoisotopic (exact) mass is 293 g/mol. The van der Waals surface area contributed by atoms with Gasteiger partial charge >= 0.3 is 0 Å². The molecule has 1 aromatic carbocycles. The van der Waals surface area contributed by atoms with Crippen LogP contribution in [0.3, 0.4) is 0 Å². The van der Waals surface area contributed by atoms with E-state index in [1.54, 1.807) is 23.1 Å². The summed E-state index contributed by atoms with van der Waals surface area (Å²) in [6.07, 6.45) is 2.24. The van der Waals surface area contributed by atoms with Crippen molar-refractivity contribution in [1.82, 2.24) is 5.32 Å². The van der Waals surface area contributed by atoms with Gasteiger partial charge in [-0.1, -0.05) is 6.07 Å². The van der Waals surface area contributed by atoms with Crippen LogP contribution < -0.4 is 10.1 Å². The maximum Gasteiger partial charge on any atom is 0.119 e. The van der Waals surface area contributed by atoms with E-state index in [0.29, 0.717) is 0 Å². The first-order valence-corrected chi connectivity index (χ1v) is 8.42. The molecule has 4 heteroatoms. The maximum absolute atomic E-state index is 5.86. The molecule has 19 heavy (non-hydrogen) atoms. The third-order valence-electron chi connectivity index (χ3n) is 2.71. The van der Waals surface area contributed by atoms with E-state index < -0.39 is 0 Å². The number of thioether (sulfide) groups is 1. The minimum Gasteiger partial charge on any atom is -0.489 e. The summed E-state index contributed by atoms with van der Waals surface area (Å²) in [4.78, 5) is 2.62. The average molecular weight is 293 g/mol. The van der Waals surface area contributed by atoms with Crippen molar-refractivity contribution in [2.24, 2.45) is 0 Å². The van der Waals surface area contributed by atoms with Gasteiger partial charge in [-0.15, -0.1) is 23.1 Å². The summed E-state index contributed by atoms with van der Waals surface area (Å²) >= 11 is 3.52. The lowest BCUT2D eigenvalue weighted by atomic mass is 10.3. The summed E-state index contributed by atoms with van der Waals surface area (Å²) in [5.41, 5.74) is 0. The van der Waals surface area contributed by atoms with Crippen LogP contribution in [0.15, 0.2) is 46.7 Å². The lowest BCUT2D eigenvalue weighted by Gasteiger charge is -2.15. The van der Waals surface area contributed by atoms with Crippen LogP contribution in [-0.2, 0) is 6.54 Å². The largest absolute Gasteiger partial charge is 0.489 e. The number of thiophene rings is 1. The number of nitrogens with one attached hydrogen (secondary N) is 1. The first kappa shape index (κ1) is 14.4. The SMILES string of the molecule is CSc1ccc(OC(C)CNCc2cccs2)cc1. The number of ether oxygens (including phenoxy) is 1. The fraction of sp³-hybridized carbons (Fsp3) is 0.333. The van der Waals surface area contributed by atoms with Gasteiger partial charge in [0.15, 0.2) is 0 Å². The number of benzene rings is 1. The van der Waals surface area contributed by atoms with Gasteiger partial charge in [0.05, 0.1) is 0 Å². The summed E-state index contributed by atoms with van der Waals surface area (Å²) in [5, 5.41) is 5.51. The summed E-state index contributed by atoms with van der Waals surface area (Å²) in [5.74, 6) is 0.934. The van der Waals surface area contributed by atoms with Crippen molar-refractivity contribution in [3.63, 3.8) is 0 Å². The van der Waals surface area contributed by atoms with Crippen molar-refractivity contribution >= 4 is 23.1 Å². The highest BCUT2D eigenvalue weighted by Crippen LogP contribution is 2.19. The maximum atomic E-state index is 5.86. The molecule has 1 atom stereocenters. The fourth-order valence-corrected chi connectivity index (χ4v) is 2.82. The molecule has 2 aromatic rings. The molecule has 0 saturated carbocycles. The average Bonchev–Trinajstić information content (AvgIpc) is 2.93. The Hall–Kier alpha value is -0.970. The molecule has 0 aliphatic heterocycles. The quantitative estimate of drug-likeness (QED) is 0.779. The van der Waals surface area contributed by atoms with Crippen LogP contribution in [0.2, 0.25) is 0 Å². The molecule has 0 aliphatic rings. The molecule has 102 valence electrons. The van der Waals surface area contributed by atoms with Gasteiger partial charge in [0.25, 0.3) is 0 Å². The second kappa shape index (κ2) is 7.58. The standard InChI is InChI=1S/C15H19NOS2/c1-12(10-16-11-15-4-3-9-19-15)17-13-5-7-14(18-2)8-6-13/h3-9,12,16H,10-11H2,1-2H3. The van der Waals surface area contributed by atoms with E-state index in [-0.39, 0.29) is 6.10 Å². The van der Waals surface area contributed by atoms with Gasteiger partial charge in [-0.25, -0.2) is 0 Å². The summed E-state index contributed by atoms with van der Waals surface area (Å²) < 4.78 is 5.86. The van der Waals surface area contributed by atoms with E-state index in [0.717, 1.165) is 18.8 Å². The second-order valence-electron chi connectivity index (χ2n) is 4.31. The van der Waals surface area contributed by atoms with Gasteiger partial charge in [-0.3, -0.25) is 0 Å². The lowest BCUT2D eigenvalue weighted by molar-refractivity contribution is 0.217. The van der Waals surface area contributed by atoms with E-state index in [1.807, 2.05) is 12.1 Å². The first-order valence-electron chi connectivity index (χ1n) is 6.31. The zero-order chi connectivity index (χ0) is 13.5. The van der Waals surface area contributed by atoms with E-state index in [9.17, 15) is 0 Å². The Morgan fingerprint density at radius 2 is 2.05 bits per heavy atom. The molecule has 2 nitrogen and oxygen atoms in total. The van der Waals surface area contributed by atoms with E-state index >= 15 is 0 Å². The number of hydrogen-bond donors (Lipinski definition) is 1. The normalized spacial score (nSPS) is 12.3. The summed E-state index contributed by atoms with van der Waals surface area (Å²) in [6.45, 7) is 3.85. The van der Waals surface area contributed by atoms with Gasteiger partial charge in [0, 0.05) is 22.9 Å². The molecule has 0 radical (unpaired) electrons. The molecular formula is C15H19NOS2. The topological polar surface area (TPSA) is 21.3 Å².